The van der Waals surface area contributed by atoms with Gasteiger partial charge >= 0.3 is 0 Å². The average Bonchev–Trinajstić information content (AvgIpc) is 3.58. The summed E-state index contributed by atoms with van der Waals surface area (Å²) < 4.78 is 5.18. The molecule has 0 saturated carbocycles. The fourth-order valence-corrected chi connectivity index (χ4v) is 8.14. The van der Waals surface area contributed by atoms with Crippen LogP contribution in [-0.4, -0.2) is 0 Å². The average molecular weight is 544 g/mol. The molecule has 6 aromatic carbocycles. The van der Waals surface area contributed by atoms with Crippen molar-refractivity contribution in [1.82, 2.24) is 0 Å². The molecule has 3 heteroatoms. The van der Waals surface area contributed by atoms with Crippen molar-refractivity contribution in [3.63, 3.8) is 0 Å². The Bertz CT molecular complexity index is 2290. The first-order valence-corrected chi connectivity index (χ1v) is 14.9. The van der Waals surface area contributed by atoms with Crippen LogP contribution in [0, 0.1) is 11.3 Å². The van der Waals surface area contributed by atoms with Gasteiger partial charge < -0.3 is 0 Å². The number of rotatable bonds is 3. The topological polar surface area (TPSA) is 23.8 Å². The fraction of sp³-hybridized carbons (Fsp3) is 0. The molecule has 1 nitrogen and oxygen atoms in total. The Morgan fingerprint density at radius 1 is 0.425 bits per heavy atom. The second-order valence-corrected chi connectivity index (χ2v) is 12.2. The van der Waals surface area contributed by atoms with Crippen LogP contribution in [0.25, 0.3) is 73.7 Å². The summed E-state index contributed by atoms with van der Waals surface area (Å²) in [4.78, 5) is 0. The molecule has 0 amide bonds. The first-order chi connectivity index (χ1) is 19.8. The van der Waals surface area contributed by atoms with Gasteiger partial charge in [0.1, 0.15) is 0 Å². The first-order valence-electron chi connectivity index (χ1n) is 13.2. The molecule has 0 aliphatic carbocycles. The van der Waals surface area contributed by atoms with E-state index in [9.17, 15) is 5.26 Å². The van der Waals surface area contributed by atoms with Gasteiger partial charge in [-0.1, -0.05) is 78.9 Å². The zero-order chi connectivity index (χ0) is 26.6. The minimum atomic E-state index is 0.685. The van der Waals surface area contributed by atoms with Crippen LogP contribution in [0.4, 0.5) is 0 Å². The second kappa shape index (κ2) is 9.17. The number of benzene rings is 6. The van der Waals surface area contributed by atoms with Crippen LogP contribution in [0.3, 0.4) is 0 Å². The van der Waals surface area contributed by atoms with Gasteiger partial charge in [-0.3, -0.25) is 0 Å². The van der Waals surface area contributed by atoms with Gasteiger partial charge in [0.05, 0.1) is 11.6 Å². The van der Waals surface area contributed by atoms with Crippen molar-refractivity contribution >= 4 is 63.0 Å². The molecular weight excluding hydrogens is 523 g/mol. The molecular formula is C37H21NS2. The molecule has 0 atom stereocenters. The van der Waals surface area contributed by atoms with Crippen LogP contribution in [0.5, 0.6) is 0 Å². The zero-order valence-electron chi connectivity index (χ0n) is 21.4. The van der Waals surface area contributed by atoms with Gasteiger partial charge in [-0.05, 0) is 81.9 Å². The summed E-state index contributed by atoms with van der Waals surface area (Å²) in [6.07, 6.45) is 0. The normalized spacial score (nSPS) is 11.5. The predicted octanol–water partition coefficient (Wildman–Crippen LogP) is 11.3. The zero-order valence-corrected chi connectivity index (χ0v) is 23.0. The maximum absolute atomic E-state index is 9.92. The molecule has 0 bridgehead atoms. The molecule has 0 radical (unpaired) electrons. The molecule has 8 aromatic rings. The summed E-state index contributed by atoms with van der Waals surface area (Å²) in [6, 6.07) is 47.8. The van der Waals surface area contributed by atoms with Gasteiger partial charge in [0.25, 0.3) is 0 Å². The summed E-state index contributed by atoms with van der Waals surface area (Å²) in [5, 5.41) is 15.1. The van der Waals surface area contributed by atoms with Gasteiger partial charge in [-0.25, -0.2) is 0 Å². The molecule has 0 fully saturated rings. The van der Waals surface area contributed by atoms with E-state index in [0.717, 1.165) is 22.3 Å². The summed E-state index contributed by atoms with van der Waals surface area (Å²) in [7, 11) is 0. The van der Waals surface area contributed by atoms with Crippen LogP contribution in [0.1, 0.15) is 5.56 Å². The SMILES string of the molecule is N#Cc1ccccc1-c1cc(-c2ccc3c(c2)sc2ccccc23)cc(-c2cccc3sc4ccccc4c23)c1. The minimum Gasteiger partial charge on any atom is -0.192 e. The number of nitrogens with zero attached hydrogens (tertiary/aromatic N) is 1. The number of thiophene rings is 2. The summed E-state index contributed by atoms with van der Waals surface area (Å²) in [5.41, 5.74) is 7.40. The van der Waals surface area contributed by atoms with Crippen LogP contribution >= 0.6 is 22.7 Å². The quantitative estimate of drug-likeness (QED) is 0.217. The van der Waals surface area contributed by atoms with Crippen molar-refractivity contribution in [2.24, 2.45) is 0 Å². The van der Waals surface area contributed by atoms with E-state index in [2.05, 4.69) is 115 Å². The van der Waals surface area contributed by atoms with E-state index in [1.807, 2.05) is 40.9 Å². The van der Waals surface area contributed by atoms with Crippen LogP contribution in [-0.2, 0) is 0 Å². The number of fused-ring (bicyclic) bond motifs is 6. The Balaban J connectivity index is 1.41. The molecule has 0 spiro atoms. The Morgan fingerprint density at radius 2 is 1.02 bits per heavy atom. The smallest absolute Gasteiger partial charge is 0.0998 e. The highest BCUT2D eigenvalue weighted by Gasteiger charge is 2.15. The van der Waals surface area contributed by atoms with Gasteiger partial charge in [0.2, 0.25) is 0 Å². The third kappa shape index (κ3) is 3.66. The Labute approximate surface area is 239 Å². The molecule has 8 rings (SSSR count). The lowest BCUT2D eigenvalue weighted by Crippen LogP contribution is -1.89. The lowest BCUT2D eigenvalue weighted by atomic mass is 9.90. The molecule has 0 aliphatic heterocycles. The van der Waals surface area contributed by atoms with Crippen LogP contribution < -0.4 is 0 Å². The van der Waals surface area contributed by atoms with Gasteiger partial charge in [0.15, 0.2) is 0 Å². The Kier molecular flexibility index (Phi) is 5.31. The minimum absolute atomic E-state index is 0.685. The summed E-state index contributed by atoms with van der Waals surface area (Å²) in [5.74, 6) is 0. The molecule has 0 N–H and O–H groups in total. The second-order valence-electron chi connectivity index (χ2n) is 10.0. The van der Waals surface area contributed by atoms with Gasteiger partial charge in [-0.15, -0.1) is 22.7 Å². The number of hydrogen-bond donors (Lipinski definition) is 0. The molecule has 2 heterocycles. The maximum atomic E-state index is 9.92. The molecule has 2 aromatic heterocycles. The van der Waals surface area contributed by atoms with E-state index >= 15 is 0 Å². The molecule has 40 heavy (non-hydrogen) atoms. The first kappa shape index (κ1) is 23.2. The number of hydrogen-bond acceptors (Lipinski definition) is 3. The van der Waals surface area contributed by atoms with E-state index in [1.54, 1.807) is 0 Å². The van der Waals surface area contributed by atoms with Gasteiger partial charge in [-0.2, -0.15) is 5.26 Å². The van der Waals surface area contributed by atoms with Crippen LogP contribution in [0.15, 0.2) is 127 Å². The predicted molar refractivity (Wildman–Crippen MR) is 173 cm³/mol. The maximum Gasteiger partial charge on any atom is 0.0998 e. The molecule has 0 saturated heterocycles. The van der Waals surface area contributed by atoms with E-state index in [4.69, 9.17) is 0 Å². The van der Waals surface area contributed by atoms with Gasteiger partial charge in [0, 0.05) is 40.3 Å². The summed E-state index contributed by atoms with van der Waals surface area (Å²) >= 11 is 3.68. The van der Waals surface area contributed by atoms with Crippen molar-refractivity contribution in [3.05, 3.63) is 133 Å². The van der Waals surface area contributed by atoms with Crippen molar-refractivity contribution < 1.29 is 0 Å². The largest absolute Gasteiger partial charge is 0.192 e. The molecule has 0 aliphatic rings. The molecule has 186 valence electrons. The van der Waals surface area contributed by atoms with E-state index < -0.39 is 0 Å². The van der Waals surface area contributed by atoms with E-state index in [0.29, 0.717) is 5.56 Å². The van der Waals surface area contributed by atoms with Crippen molar-refractivity contribution in [2.45, 2.75) is 0 Å². The van der Waals surface area contributed by atoms with Crippen molar-refractivity contribution in [2.75, 3.05) is 0 Å². The van der Waals surface area contributed by atoms with E-state index in [1.165, 1.54) is 51.5 Å². The highest BCUT2D eigenvalue weighted by atomic mass is 32.1. The van der Waals surface area contributed by atoms with E-state index in [-0.39, 0.29) is 0 Å². The van der Waals surface area contributed by atoms with Crippen LogP contribution in [0.2, 0.25) is 0 Å². The Hall–Kier alpha value is -4.75. The standard InChI is InChI=1S/C37H21NS2/c38-22-24-8-1-2-9-28(24)26-18-25(23-16-17-31-30-10-3-5-13-33(30)40-36(31)21-23)19-27(20-26)29-12-7-15-35-37(29)32-11-4-6-14-34(32)39-35/h1-21H. The Morgan fingerprint density at radius 3 is 1.88 bits per heavy atom. The number of nitriles is 1. The summed E-state index contributed by atoms with van der Waals surface area (Å²) in [6.45, 7) is 0. The highest BCUT2D eigenvalue weighted by molar-refractivity contribution is 7.26. The third-order valence-electron chi connectivity index (χ3n) is 7.72. The third-order valence-corrected chi connectivity index (χ3v) is 9.99. The van der Waals surface area contributed by atoms with Crippen molar-refractivity contribution in [3.8, 4) is 39.4 Å². The lowest BCUT2D eigenvalue weighted by Gasteiger charge is -2.13. The monoisotopic (exact) mass is 543 g/mol. The fourth-order valence-electron chi connectivity index (χ4n) is 5.86. The molecule has 0 unspecified atom stereocenters. The van der Waals surface area contributed by atoms with Crippen molar-refractivity contribution in [1.29, 1.82) is 5.26 Å². The highest BCUT2D eigenvalue weighted by Crippen LogP contribution is 2.43. The lowest BCUT2D eigenvalue weighted by molar-refractivity contribution is 1.48.